The van der Waals surface area contributed by atoms with Crippen LogP contribution >= 0.6 is 11.6 Å². The number of aromatic nitrogens is 2. The van der Waals surface area contributed by atoms with Crippen LogP contribution in [0.15, 0.2) is 48.7 Å². The molecule has 0 bridgehead atoms. The highest BCUT2D eigenvalue weighted by Crippen LogP contribution is 2.29. The van der Waals surface area contributed by atoms with Crippen LogP contribution in [0.4, 0.5) is 34.5 Å². The Labute approximate surface area is 211 Å². The van der Waals surface area contributed by atoms with E-state index in [1.54, 1.807) is 31.3 Å². The number of hydrogen-bond donors (Lipinski definition) is 3. The largest absolute Gasteiger partial charge is 0.369 e. The number of halogens is 1. The number of nitrogens with zero attached hydrogens (tertiary/aromatic N) is 4. The normalized spacial score (nSPS) is 14.6. The van der Waals surface area contributed by atoms with Gasteiger partial charge in [-0.25, -0.2) is 13.4 Å². The van der Waals surface area contributed by atoms with E-state index in [0.717, 1.165) is 37.4 Å². The maximum Gasteiger partial charge on any atom is 0.232 e. The van der Waals surface area contributed by atoms with Gasteiger partial charge < -0.3 is 20.4 Å². The molecule has 2 heterocycles. The van der Waals surface area contributed by atoms with E-state index in [9.17, 15) is 8.42 Å². The van der Waals surface area contributed by atoms with Crippen molar-refractivity contribution < 1.29 is 8.42 Å². The zero-order chi connectivity index (χ0) is 25.0. The first kappa shape index (κ1) is 25.0. The first-order chi connectivity index (χ1) is 16.7. The molecule has 0 saturated carbocycles. The Morgan fingerprint density at radius 1 is 1.00 bits per heavy atom. The molecule has 186 valence electrons. The molecule has 0 unspecified atom stereocenters. The number of hydrogen-bond acceptors (Lipinski definition) is 8. The zero-order valence-electron chi connectivity index (χ0n) is 20.0. The average molecular weight is 516 g/mol. The van der Waals surface area contributed by atoms with Crippen molar-refractivity contribution in [2.24, 2.45) is 0 Å². The molecule has 0 aliphatic carbocycles. The number of nitrogens with one attached hydrogen (secondary N) is 3. The van der Waals surface area contributed by atoms with E-state index >= 15 is 0 Å². The lowest BCUT2D eigenvalue weighted by atomic mass is 10.2. The van der Waals surface area contributed by atoms with E-state index in [1.165, 1.54) is 5.69 Å². The lowest BCUT2D eigenvalue weighted by Crippen LogP contribution is -2.44. The Hall–Kier alpha value is -3.08. The lowest BCUT2D eigenvalue weighted by Gasteiger charge is -2.34. The molecule has 11 heteroatoms. The highest BCUT2D eigenvalue weighted by molar-refractivity contribution is 7.92. The second kappa shape index (κ2) is 10.7. The lowest BCUT2D eigenvalue weighted by molar-refractivity contribution is 0.313. The van der Waals surface area contributed by atoms with Crippen LogP contribution in [-0.2, 0) is 10.0 Å². The van der Waals surface area contributed by atoms with Crippen LogP contribution in [-0.4, -0.2) is 62.3 Å². The summed E-state index contributed by atoms with van der Waals surface area (Å²) in [7, 11) is -1.30. The van der Waals surface area contributed by atoms with Gasteiger partial charge in [0.25, 0.3) is 0 Å². The minimum atomic E-state index is -3.45. The summed E-state index contributed by atoms with van der Waals surface area (Å²) in [5.74, 6) is 1.01. The molecule has 4 rings (SSSR count). The maximum atomic E-state index is 12.0. The molecule has 9 nitrogen and oxygen atoms in total. The summed E-state index contributed by atoms with van der Waals surface area (Å²) in [6, 6.07) is 13.3. The van der Waals surface area contributed by atoms with Gasteiger partial charge in [-0.2, -0.15) is 4.98 Å². The van der Waals surface area contributed by atoms with Crippen molar-refractivity contribution in [1.82, 2.24) is 14.9 Å². The van der Waals surface area contributed by atoms with Crippen LogP contribution in [0, 0.1) is 6.92 Å². The SMILES string of the molecule is CCS(=O)(=O)Nc1cc(Nc2nc(Nc3ccc(N4CCN(C)CC4)cc3)ncc2C)ccc1Cl. The number of likely N-dealkylation sites (N-methyl/N-ethyl adjacent to an activating group) is 1. The van der Waals surface area contributed by atoms with Gasteiger partial charge in [0.1, 0.15) is 5.82 Å². The van der Waals surface area contributed by atoms with Crippen molar-refractivity contribution in [2.75, 3.05) is 59.2 Å². The summed E-state index contributed by atoms with van der Waals surface area (Å²) in [6.45, 7) is 7.63. The van der Waals surface area contributed by atoms with Gasteiger partial charge in [0.15, 0.2) is 0 Å². The third-order valence-corrected chi connectivity index (χ3v) is 7.46. The topological polar surface area (TPSA) is 102 Å². The molecule has 0 radical (unpaired) electrons. The fourth-order valence-corrected chi connectivity index (χ4v) is 4.50. The molecule has 1 aliphatic rings. The van der Waals surface area contributed by atoms with E-state index in [4.69, 9.17) is 11.6 Å². The first-order valence-corrected chi connectivity index (χ1v) is 13.5. The first-order valence-electron chi connectivity index (χ1n) is 11.4. The van der Waals surface area contributed by atoms with E-state index < -0.39 is 10.0 Å². The summed E-state index contributed by atoms with van der Waals surface area (Å²) < 4.78 is 26.4. The third-order valence-electron chi connectivity index (χ3n) is 5.84. The summed E-state index contributed by atoms with van der Waals surface area (Å²) >= 11 is 6.18. The number of rotatable bonds is 8. The van der Waals surface area contributed by atoms with Crippen molar-refractivity contribution in [3.05, 3.63) is 59.2 Å². The van der Waals surface area contributed by atoms with Crippen LogP contribution in [0.2, 0.25) is 5.02 Å². The Kier molecular flexibility index (Phi) is 7.63. The van der Waals surface area contributed by atoms with E-state index in [-0.39, 0.29) is 5.75 Å². The van der Waals surface area contributed by atoms with Crippen molar-refractivity contribution in [2.45, 2.75) is 13.8 Å². The van der Waals surface area contributed by atoms with Gasteiger partial charge in [0.05, 0.1) is 16.5 Å². The average Bonchev–Trinajstić information content (AvgIpc) is 2.84. The molecule has 0 atom stereocenters. The Bertz CT molecular complexity index is 1280. The van der Waals surface area contributed by atoms with Crippen LogP contribution in [0.25, 0.3) is 0 Å². The smallest absolute Gasteiger partial charge is 0.232 e. The second-order valence-corrected chi connectivity index (χ2v) is 10.9. The molecule has 1 fully saturated rings. The monoisotopic (exact) mass is 515 g/mol. The second-order valence-electron chi connectivity index (χ2n) is 8.51. The minimum Gasteiger partial charge on any atom is -0.369 e. The molecule has 1 aliphatic heterocycles. The predicted molar refractivity (Wildman–Crippen MR) is 144 cm³/mol. The third kappa shape index (κ3) is 6.53. The van der Waals surface area contributed by atoms with Crippen LogP contribution in [0.3, 0.4) is 0 Å². The summed E-state index contributed by atoms with van der Waals surface area (Å²) in [6.07, 6.45) is 1.73. The van der Waals surface area contributed by atoms with Gasteiger partial charge in [0.2, 0.25) is 16.0 Å². The maximum absolute atomic E-state index is 12.0. The van der Waals surface area contributed by atoms with Gasteiger partial charge in [-0.15, -0.1) is 0 Å². The quantitative estimate of drug-likeness (QED) is 0.404. The van der Waals surface area contributed by atoms with Gasteiger partial charge in [-0.3, -0.25) is 4.72 Å². The zero-order valence-corrected chi connectivity index (χ0v) is 21.6. The minimum absolute atomic E-state index is 0.0443. The number of piperazine rings is 1. The molecular formula is C24H30ClN7O2S. The number of benzene rings is 2. The van der Waals surface area contributed by atoms with Gasteiger partial charge in [-0.1, -0.05) is 11.6 Å². The van der Waals surface area contributed by atoms with Gasteiger partial charge in [-0.05, 0) is 63.4 Å². The van der Waals surface area contributed by atoms with Crippen LogP contribution < -0.4 is 20.3 Å². The van der Waals surface area contributed by atoms with Gasteiger partial charge >= 0.3 is 0 Å². The fraction of sp³-hybridized carbons (Fsp3) is 0.333. The summed E-state index contributed by atoms with van der Waals surface area (Å²) in [5.41, 5.74) is 3.89. The molecular weight excluding hydrogens is 486 g/mol. The highest BCUT2D eigenvalue weighted by atomic mass is 35.5. The predicted octanol–water partition coefficient (Wildman–Crippen LogP) is 4.44. The van der Waals surface area contributed by atoms with Crippen molar-refractivity contribution in [3.63, 3.8) is 0 Å². The molecule has 2 aromatic carbocycles. The van der Waals surface area contributed by atoms with Crippen molar-refractivity contribution in [1.29, 1.82) is 0 Å². The summed E-state index contributed by atoms with van der Waals surface area (Å²) in [4.78, 5) is 13.7. The van der Waals surface area contributed by atoms with Crippen molar-refractivity contribution >= 4 is 56.1 Å². The van der Waals surface area contributed by atoms with E-state index in [0.29, 0.717) is 28.2 Å². The number of aryl methyl sites for hydroxylation is 1. The standard InChI is InChI=1S/C24H30ClN7O2S/c1-4-35(33,34)30-22-15-19(7-10-21(22)25)27-23-17(2)16-26-24(29-23)28-18-5-8-20(9-6-18)32-13-11-31(3)12-14-32/h5-10,15-16,30H,4,11-14H2,1-3H3,(H2,26,27,28,29). The summed E-state index contributed by atoms with van der Waals surface area (Å²) in [5, 5.41) is 6.80. The Morgan fingerprint density at radius 2 is 1.69 bits per heavy atom. The molecule has 35 heavy (non-hydrogen) atoms. The van der Waals surface area contributed by atoms with Crippen LogP contribution in [0.5, 0.6) is 0 Å². The Morgan fingerprint density at radius 3 is 2.37 bits per heavy atom. The molecule has 3 aromatic rings. The molecule has 3 N–H and O–H groups in total. The molecule has 0 amide bonds. The molecule has 1 saturated heterocycles. The number of sulfonamides is 1. The Balaban J connectivity index is 1.47. The molecule has 0 spiro atoms. The van der Waals surface area contributed by atoms with E-state index in [2.05, 4.69) is 54.3 Å². The number of anilines is 6. The fourth-order valence-electron chi connectivity index (χ4n) is 3.64. The van der Waals surface area contributed by atoms with Crippen LogP contribution in [0.1, 0.15) is 12.5 Å². The highest BCUT2D eigenvalue weighted by Gasteiger charge is 2.15. The van der Waals surface area contributed by atoms with Crippen molar-refractivity contribution in [3.8, 4) is 0 Å². The molecule has 1 aromatic heterocycles. The van der Waals surface area contributed by atoms with Gasteiger partial charge in [0, 0.05) is 55.0 Å². The van der Waals surface area contributed by atoms with E-state index in [1.807, 2.05) is 19.1 Å².